The number of carbonyl (C=O) groups excluding carboxylic acids is 3. The summed E-state index contributed by atoms with van der Waals surface area (Å²) in [5.74, 6) is -0.292. The molecule has 2 aromatic carbocycles. The summed E-state index contributed by atoms with van der Waals surface area (Å²) in [6.45, 7) is 2.63. The molecule has 3 aromatic rings. The van der Waals surface area contributed by atoms with Crippen LogP contribution in [0.4, 0.5) is 5.13 Å². The predicted octanol–water partition coefficient (Wildman–Crippen LogP) is 6.60. The molecule has 0 unspecified atom stereocenters. The number of unbranched alkanes of at least 4 members (excludes halogenated alkanes) is 7. The van der Waals surface area contributed by atoms with Crippen molar-refractivity contribution in [2.45, 2.75) is 71.1 Å². The van der Waals surface area contributed by atoms with E-state index in [1.807, 2.05) is 6.07 Å². The van der Waals surface area contributed by atoms with E-state index < -0.39 is 0 Å². The minimum atomic E-state index is -0.164. The molecular weight excluding hydrogens is 458 g/mol. The van der Waals surface area contributed by atoms with E-state index in [4.69, 9.17) is 0 Å². The fraction of sp³-hybridized carbons (Fsp3) is 0.429. The number of fused-ring (bicyclic) bond motifs is 2. The highest BCUT2D eigenvalue weighted by molar-refractivity contribution is 7.22. The molecule has 1 aliphatic heterocycles. The molecule has 0 radical (unpaired) electrons. The summed E-state index contributed by atoms with van der Waals surface area (Å²) < 4.78 is 1.11. The Morgan fingerprint density at radius 1 is 0.886 bits per heavy atom. The van der Waals surface area contributed by atoms with E-state index in [1.54, 1.807) is 24.3 Å². The van der Waals surface area contributed by atoms with E-state index in [-0.39, 0.29) is 17.7 Å². The number of anilines is 1. The summed E-state index contributed by atoms with van der Waals surface area (Å²) in [5, 5.41) is 3.63. The van der Waals surface area contributed by atoms with Crippen molar-refractivity contribution in [1.29, 1.82) is 0 Å². The summed E-state index contributed by atoms with van der Waals surface area (Å²) >= 11 is 1.53. The maximum atomic E-state index is 12.4. The van der Waals surface area contributed by atoms with Crippen molar-refractivity contribution in [3.05, 3.63) is 59.2 Å². The molecule has 184 valence electrons. The topological polar surface area (TPSA) is 79.4 Å². The smallest absolute Gasteiger partial charge is 0.261 e. The molecule has 0 spiro atoms. The maximum Gasteiger partial charge on any atom is 0.261 e. The molecule has 35 heavy (non-hydrogen) atoms. The number of nitrogens with one attached hydrogen (secondary N) is 1. The van der Waals surface area contributed by atoms with Crippen molar-refractivity contribution in [2.75, 3.05) is 11.9 Å². The van der Waals surface area contributed by atoms with Crippen molar-refractivity contribution in [3.63, 3.8) is 0 Å². The number of nitrogens with zero attached hydrogens (tertiary/aromatic N) is 2. The third-order valence-corrected chi connectivity index (χ3v) is 7.45. The first kappa shape index (κ1) is 25.0. The maximum absolute atomic E-state index is 12.4. The number of aromatic nitrogens is 1. The average Bonchev–Trinajstić information content (AvgIpc) is 3.37. The summed E-state index contributed by atoms with van der Waals surface area (Å²) in [6.07, 6.45) is 9.80. The van der Waals surface area contributed by atoms with E-state index in [9.17, 15) is 14.4 Å². The second-order valence-electron chi connectivity index (χ2n) is 9.11. The Hall–Kier alpha value is -3.06. The van der Waals surface area contributed by atoms with E-state index in [0.717, 1.165) is 68.0 Å². The molecule has 2 heterocycles. The highest BCUT2D eigenvalue weighted by atomic mass is 32.1. The first-order chi connectivity index (χ1) is 17.1. The SMILES string of the molecule is CCc1ccc2nc(NC(=O)CCCCCCCCCCN3C(=O)c4ccccc4C3=O)sc2c1. The number of benzene rings is 2. The quantitative estimate of drug-likeness (QED) is 0.216. The third-order valence-electron chi connectivity index (χ3n) is 6.52. The van der Waals surface area contributed by atoms with Gasteiger partial charge >= 0.3 is 0 Å². The van der Waals surface area contributed by atoms with Gasteiger partial charge in [0.1, 0.15) is 0 Å². The largest absolute Gasteiger partial charge is 0.302 e. The molecule has 1 aromatic heterocycles. The van der Waals surface area contributed by atoms with Gasteiger partial charge in [-0.05, 0) is 49.1 Å². The number of imide groups is 1. The van der Waals surface area contributed by atoms with Gasteiger partial charge in [0.25, 0.3) is 11.8 Å². The Kier molecular flexibility index (Phi) is 8.64. The lowest BCUT2D eigenvalue weighted by atomic mass is 10.1. The molecule has 0 bridgehead atoms. The predicted molar refractivity (Wildman–Crippen MR) is 141 cm³/mol. The van der Waals surface area contributed by atoms with Gasteiger partial charge in [-0.1, -0.05) is 75.0 Å². The van der Waals surface area contributed by atoms with Gasteiger partial charge in [0.05, 0.1) is 21.3 Å². The molecule has 0 saturated carbocycles. The molecule has 6 nitrogen and oxygen atoms in total. The van der Waals surface area contributed by atoms with E-state index in [1.165, 1.54) is 21.8 Å². The zero-order valence-corrected chi connectivity index (χ0v) is 21.2. The second kappa shape index (κ2) is 12.1. The minimum absolute atomic E-state index is 0.0351. The van der Waals surface area contributed by atoms with Crippen molar-refractivity contribution in [2.24, 2.45) is 0 Å². The highest BCUT2D eigenvalue weighted by Gasteiger charge is 2.34. The summed E-state index contributed by atoms with van der Waals surface area (Å²) in [4.78, 5) is 42.9. The number of amides is 3. The van der Waals surface area contributed by atoms with Crippen LogP contribution >= 0.6 is 11.3 Å². The number of hydrogen-bond acceptors (Lipinski definition) is 5. The van der Waals surface area contributed by atoms with Gasteiger partial charge in [-0.25, -0.2) is 4.98 Å². The number of aryl methyl sites for hydroxylation is 1. The first-order valence-corrected chi connectivity index (χ1v) is 13.5. The average molecular weight is 492 g/mol. The molecular formula is C28H33N3O3S. The zero-order valence-electron chi connectivity index (χ0n) is 20.3. The van der Waals surface area contributed by atoms with Crippen molar-refractivity contribution >= 4 is 44.4 Å². The van der Waals surface area contributed by atoms with Crippen molar-refractivity contribution < 1.29 is 14.4 Å². The van der Waals surface area contributed by atoms with Gasteiger partial charge in [-0.3, -0.25) is 19.3 Å². The monoisotopic (exact) mass is 491 g/mol. The van der Waals surface area contributed by atoms with Crippen LogP contribution in [-0.4, -0.2) is 34.2 Å². The van der Waals surface area contributed by atoms with E-state index in [2.05, 4.69) is 29.4 Å². The van der Waals surface area contributed by atoms with E-state index >= 15 is 0 Å². The fourth-order valence-corrected chi connectivity index (χ4v) is 5.43. The summed E-state index contributed by atoms with van der Waals surface area (Å²) in [5.41, 5.74) is 3.27. The summed E-state index contributed by atoms with van der Waals surface area (Å²) in [6, 6.07) is 13.3. The molecule has 3 amide bonds. The third kappa shape index (κ3) is 6.34. The van der Waals surface area contributed by atoms with Gasteiger partial charge in [-0.2, -0.15) is 0 Å². The lowest BCUT2D eigenvalue weighted by molar-refractivity contribution is -0.116. The Bertz CT molecular complexity index is 1170. The number of carbonyl (C=O) groups is 3. The van der Waals surface area contributed by atoms with Gasteiger partial charge in [0, 0.05) is 13.0 Å². The number of rotatable bonds is 13. The lowest BCUT2D eigenvalue weighted by Crippen LogP contribution is -2.30. The van der Waals surface area contributed by atoms with Crippen LogP contribution in [0.2, 0.25) is 0 Å². The zero-order chi connectivity index (χ0) is 24.6. The fourth-order valence-electron chi connectivity index (χ4n) is 4.48. The van der Waals surface area contributed by atoms with Crippen LogP contribution in [0.1, 0.15) is 91.0 Å². The van der Waals surface area contributed by atoms with Crippen LogP contribution in [0.15, 0.2) is 42.5 Å². The van der Waals surface area contributed by atoms with Crippen molar-refractivity contribution in [3.8, 4) is 0 Å². The van der Waals surface area contributed by atoms with Gasteiger partial charge in [0.2, 0.25) is 5.91 Å². The van der Waals surface area contributed by atoms with Crippen LogP contribution < -0.4 is 5.32 Å². The van der Waals surface area contributed by atoms with Gasteiger partial charge in [0.15, 0.2) is 5.13 Å². The van der Waals surface area contributed by atoms with Crippen LogP contribution in [0.3, 0.4) is 0 Å². The normalized spacial score (nSPS) is 13.0. The van der Waals surface area contributed by atoms with Crippen LogP contribution in [0.25, 0.3) is 10.2 Å². The lowest BCUT2D eigenvalue weighted by Gasteiger charge is -2.13. The Morgan fingerprint density at radius 2 is 1.51 bits per heavy atom. The van der Waals surface area contributed by atoms with E-state index in [0.29, 0.717) is 29.2 Å². The van der Waals surface area contributed by atoms with Crippen LogP contribution in [0.5, 0.6) is 0 Å². The molecule has 0 aliphatic carbocycles. The number of thiazole rings is 1. The molecule has 0 atom stereocenters. The Labute approximate surface area is 210 Å². The van der Waals surface area contributed by atoms with Gasteiger partial charge < -0.3 is 5.32 Å². The van der Waals surface area contributed by atoms with Crippen molar-refractivity contribution in [1.82, 2.24) is 9.88 Å². The highest BCUT2D eigenvalue weighted by Crippen LogP contribution is 2.27. The molecule has 7 heteroatoms. The molecule has 0 saturated heterocycles. The first-order valence-electron chi connectivity index (χ1n) is 12.7. The number of hydrogen-bond donors (Lipinski definition) is 1. The molecule has 1 aliphatic rings. The molecule has 1 N–H and O–H groups in total. The summed E-state index contributed by atoms with van der Waals surface area (Å²) in [7, 11) is 0. The minimum Gasteiger partial charge on any atom is -0.302 e. The van der Waals surface area contributed by atoms with Gasteiger partial charge in [-0.15, -0.1) is 0 Å². The molecule has 4 rings (SSSR count). The van der Waals surface area contributed by atoms with Crippen LogP contribution in [-0.2, 0) is 11.2 Å². The Morgan fingerprint density at radius 3 is 2.17 bits per heavy atom. The second-order valence-corrected chi connectivity index (χ2v) is 10.1. The molecule has 0 fully saturated rings. The standard InChI is InChI=1S/C28H33N3O3S/c1-2-20-16-17-23-24(19-20)35-28(29-23)30-25(32)15-9-7-5-3-4-6-8-12-18-31-26(33)21-13-10-11-14-22(21)27(31)34/h10-11,13-14,16-17,19H,2-9,12,15,18H2,1H3,(H,29,30,32). The Balaban J connectivity index is 1.03. The van der Waals surface area contributed by atoms with Crippen LogP contribution in [0, 0.1) is 0 Å².